The van der Waals surface area contributed by atoms with Crippen molar-refractivity contribution in [1.29, 1.82) is 0 Å². The molecule has 0 bridgehead atoms. The highest BCUT2D eigenvalue weighted by Crippen LogP contribution is 2.35. The molecule has 0 saturated heterocycles. The van der Waals surface area contributed by atoms with E-state index in [4.69, 9.17) is 17.3 Å². The van der Waals surface area contributed by atoms with Gasteiger partial charge in [-0.2, -0.15) is 0 Å². The van der Waals surface area contributed by atoms with Crippen molar-refractivity contribution < 1.29 is 4.79 Å². The van der Waals surface area contributed by atoms with E-state index in [2.05, 4.69) is 10.3 Å². The number of carbonyl (C=O) groups is 1. The number of fused-ring (bicyclic) bond motifs is 1. The molecule has 0 spiro atoms. The standard InChI is InChI=1S/C19H18ClN3OS.ClH/c1-11(2)22-18(21)12-7-9-13(10-8-12)23-19(24)17-16(20)14-5-3-4-6-15(14)25-17;/h3-11H,1-2H3,(H2,21,22)(H,23,24);1H. The minimum absolute atomic E-state index is 0. The molecule has 3 rings (SSSR count). The molecular formula is C19H19Cl2N3OS. The van der Waals surface area contributed by atoms with Crippen molar-refractivity contribution in [1.82, 2.24) is 0 Å². The topological polar surface area (TPSA) is 67.5 Å². The maximum absolute atomic E-state index is 12.5. The Morgan fingerprint density at radius 3 is 2.42 bits per heavy atom. The maximum Gasteiger partial charge on any atom is 0.267 e. The Bertz CT molecular complexity index is 949. The van der Waals surface area contributed by atoms with E-state index in [1.807, 2.05) is 50.2 Å². The molecule has 136 valence electrons. The fourth-order valence-corrected chi connectivity index (χ4v) is 3.84. The molecule has 0 atom stereocenters. The molecule has 7 heteroatoms. The van der Waals surface area contributed by atoms with Crippen LogP contribution in [0.4, 0.5) is 5.69 Å². The number of hydrogen-bond donors (Lipinski definition) is 2. The predicted octanol–water partition coefficient (Wildman–Crippen LogP) is 5.34. The van der Waals surface area contributed by atoms with Gasteiger partial charge in [0, 0.05) is 27.4 Å². The highest BCUT2D eigenvalue weighted by Gasteiger charge is 2.17. The lowest BCUT2D eigenvalue weighted by Crippen LogP contribution is -2.16. The summed E-state index contributed by atoms with van der Waals surface area (Å²) in [6.45, 7) is 3.94. The molecule has 0 saturated carbocycles. The van der Waals surface area contributed by atoms with Crippen molar-refractivity contribution in [2.24, 2.45) is 10.7 Å². The van der Waals surface area contributed by atoms with Crippen molar-refractivity contribution in [3.63, 3.8) is 0 Å². The SMILES string of the molecule is CC(C)N=C(N)c1ccc(NC(=O)c2sc3ccccc3c2Cl)cc1.Cl. The predicted molar refractivity (Wildman–Crippen MR) is 114 cm³/mol. The lowest BCUT2D eigenvalue weighted by atomic mass is 10.2. The first-order chi connectivity index (χ1) is 12.0. The third kappa shape index (κ3) is 4.36. The zero-order chi connectivity index (χ0) is 18.0. The number of amidine groups is 1. The number of thiophene rings is 1. The first-order valence-corrected chi connectivity index (χ1v) is 9.07. The van der Waals surface area contributed by atoms with Crippen molar-refractivity contribution in [3.05, 3.63) is 64.0 Å². The Morgan fingerprint density at radius 2 is 1.81 bits per heavy atom. The normalized spacial score (nSPS) is 11.5. The molecule has 1 amide bonds. The van der Waals surface area contributed by atoms with Crippen molar-refractivity contribution >= 4 is 62.9 Å². The van der Waals surface area contributed by atoms with Crippen molar-refractivity contribution in [2.75, 3.05) is 5.32 Å². The molecule has 3 aromatic rings. The molecule has 0 fully saturated rings. The lowest BCUT2D eigenvalue weighted by molar-refractivity contribution is 0.103. The molecule has 1 heterocycles. The monoisotopic (exact) mass is 407 g/mol. The molecule has 1 aromatic heterocycles. The summed E-state index contributed by atoms with van der Waals surface area (Å²) in [5, 5.41) is 4.26. The van der Waals surface area contributed by atoms with Crippen LogP contribution in [0.2, 0.25) is 5.02 Å². The van der Waals surface area contributed by atoms with Gasteiger partial charge in [-0.15, -0.1) is 23.7 Å². The van der Waals surface area contributed by atoms with E-state index in [0.717, 1.165) is 15.6 Å². The summed E-state index contributed by atoms with van der Waals surface area (Å²) >= 11 is 7.73. The molecule has 0 aliphatic heterocycles. The molecule has 2 aromatic carbocycles. The number of benzene rings is 2. The number of hydrogen-bond acceptors (Lipinski definition) is 3. The van der Waals surface area contributed by atoms with Crippen LogP contribution in [0.3, 0.4) is 0 Å². The minimum atomic E-state index is -0.220. The average Bonchev–Trinajstić information content (AvgIpc) is 2.92. The number of amides is 1. The van der Waals surface area contributed by atoms with E-state index in [1.54, 1.807) is 12.1 Å². The van der Waals surface area contributed by atoms with Crippen LogP contribution in [0.15, 0.2) is 53.5 Å². The van der Waals surface area contributed by atoms with Crippen LogP contribution in [0.25, 0.3) is 10.1 Å². The molecule has 0 unspecified atom stereocenters. The number of halogens is 2. The zero-order valence-corrected chi connectivity index (χ0v) is 16.7. The van der Waals surface area contributed by atoms with Crippen LogP contribution in [0, 0.1) is 0 Å². The number of carbonyl (C=O) groups excluding carboxylic acids is 1. The fraction of sp³-hybridized carbons (Fsp3) is 0.158. The van der Waals surface area contributed by atoms with Gasteiger partial charge in [0.1, 0.15) is 10.7 Å². The van der Waals surface area contributed by atoms with Crippen LogP contribution < -0.4 is 11.1 Å². The Hall–Kier alpha value is -2.08. The number of anilines is 1. The molecule has 3 N–H and O–H groups in total. The molecule has 0 aliphatic carbocycles. The van der Waals surface area contributed by atoms with Crippen LogP contribution in [-0.4, -0.2) is 17.8 Å². The number of aliphatic imine (C=N–C) groups is 1. The lowest BCUT2D eigenvalue weighted by Gasteiger charge is -2.07. The maximum atomic E-state index is 12.5. The highest BCUT2D eigenvalue weighted by atomic mass is 35.5. The highest BCUT2D eigenvalue weighted by molar-refractivity contribution is 7.21. The fourth-order valence-electron chi connectivity index (χ4n) is 2.42. The summed E-state index contributed by atoms with van der Waals surface area (Å²) in [6, 6.07) is 15.1. The van der Waals surface area contributed by atoms with E-state index >= 15 is 0 Å². The molecule has 0 radical (unpaired) electrons. The molecule has 26 heavy (non-hydrogen) atoms. The van der Waals surface area contributed by atoms with Crippen molar-refractivity contribution in [2.45, 2.75) is 19.9 Å². The van der Waals surface area contributed by atoms with Gasteiger partial charge >= 0.3 is 0 Å². The summed E-state index contributed by atoms with van der Waals surface area (Å²) in [6.07, 6.45) is 0. The van der Waals surface area contributed by atoms with Gasteiger partial charge in [0.2, 0.25) is 0 Å². The van der Waals surface area contributed by atoms with Gasteiger partial charge in [-0.05, 0) is 44.2 Å². The number of nitrogens with zero attached hydrogens (tertiary/aromatic N) is 1. The summed E-state index contributed by atoms with van der Waals surface area (Å²) < 4.78 is 0.991. The minimum Gasteiger partial charge on any atom is -0.383 e. The first kappa shape index (κ1) is 20.2. The molecule has 0 aliphatic rings. The second-order valence-electron chi connectivity index (χ2n) is 5.88. The first-order valence-electron chi connectivity index (χ1n) is 7.88. The summed E-state index contributed by atoms with van der Waals surface area (Å²) in [7, 11) is 0. The van der Waals surface area contributed by atoms with E-state index in [1.165, 1.54) is 11.3 Å². The summed E-state index contributed by atoms with van der Waals surface area (Å²) in [4.78, 5) is 17.4. The van der Waals surface area contributed by atoms with Crippen LogP contribution in [0.5, 0.6) is 0 Å². The third-order valence-corrected chi connectivity index (χ3v) is 5.25. The Labute approximate surface area is 167 Å². The molecule has 4 nitrogen and oxygen atoms in total. The summed E-state index contributed by atoms with van der Waals surface area (Å²) in [5.74, 6) is 0.267. The third-order valence-electron chi connectivity index (χ3n) is 3.58. The van der Waals surface area contributed by atoms with E-state index in [0.29, 0.717) is 21.4 Å². The van der Waals surface area contributed by atoms with Gasteiger partial charge in [-0.3, -0.25) is 9.79 Å². The zero-order valence-electron chi connectivity index (χ0n) is 14.3. The largest absolute Gasteiger partial charge is 0.383 e. The van der Waals surface area contributed by atoms with Crippen molar-refractivity contribution in [3.8, 4) is 0 Å². The number of nitrogens with two attached hydrogens (primary N) is 1. The molecular weight excluding hydrogens is 389 g/mol. The van der Waals surface area contributed by atoms with Gasteiger partial charge in [0.25, 0.3) is 5.91 Å². The number of rotatable bonds is 4. The van der Waals surface area contributed by atoms with Gasteiger partial charge in [0.05, 0.1) is 5.02 Å². The second-order valence-corrected chi connectivity index (χ2v) is 7.31. The van der Waals surface area contributed by atoms with Gasteiger partial charge in [0.15, 0.2) is 0 Å². The van der Waals surface area contributed by atoms with Crippen LogP contribution >= 0.6 is 35.3 Å². The van der Waals surface area contributed by atoms with Gasteiger partial charge in [-0.25, -0.2) is 0 Å². The van der Waals surface area contributed by atoms with Crippen LogP contribution in [0.1, 0.15) is 29.1 Å². The summed E-state index contributed by atoms with van der Waals surface area (Å²) in [5.41, 5.74) is 7.45. The van der Waals surface area contributed by atoms with E-state index in [9.17, 15) is 4.79 Å². The Kier molecular flexibility index (Phi) is 6.64. The number of nitrogens with one attached hydrogen (secondary N) is 1. The smallest absolute Gasteiger partial charge is 0.267 e. The average molecular weight is 408 g/mol. The van der Waals surface area contributed by atoms with Gasteiger partial charge < -0.3 is 11.1 Å². The Morgan fingerprint density at radius 1 is 1.15 bits per heavy atom. The van der Waals surface area contributed by atoms with E-state index in [-0.39, 0.29) is 24.4 Å². The quantitative estimate of drug-likeness (QED) is 0.452. The van der Waals surface area contributed by atoms with E-state index < -0.39 is 0 Å². The van der Waals surface area contributed by atoms with Crippen LogP contribution in [-0.2, 0) is 0 Å². The second kappa shape index (κ2) is 8.54. The Balaban J connectivity index is 0.00000243. The van der Waals surface area contributed by atoms with Gasteiger partial charge in [-0.1, -0.05) is 29.8 Å².